The van der Waals surface area contributed by atoms with Gasteiger partial charge in [-0.05, 0) is 43.1 Å². The molecule has 2 aliphatic rings. The van der Waals surface area contributed by atoms with Crippen LogP contribution >= 0.6 is 0 Å². The van der Waals surface area contributed by atoms with Crippen LogP contribution in [0.25, 0.3) is 0 Å². The first-order valence-electron chi connectivity index (χ1n) is 7.37. The van der Waals surface area contributed by atoms with Crippen molar-refractivity contribution in [2.45, 2.75) is 25.9 Å². The lowest BCUT2D eigenvalue weighted by Gasteiger charge is -2.30. The molecule has 1 aromatic rings. The van der Waals surface area contributed by atoms with Crippen LogP contribution in [0.15, 0.2) is 18.2 Å². The van der Waals surface area contributed by atoms with Gasteiger partial charge in [-0.3, -0.25) is 14.5 Å². The van der Waals surface area contributed by atoms with Crippen LogP contribution < -0.4 is 0 Å². The molecule has 2 heterocycles. The Hall–Kier alpha value is -1.88. The van der Waals surface area contributed by atoms with E-state index in [1.165, 1.54) is 11.1 Å². The minimum Gasteiger partial charge on any atom is -0.481 e. The van der Waals surface area contributed by atoms with Crippen LogP contribution in [-0.4, -0.2) is 46.9 Å². The van der Waals surface area contributed by atoms with Crippen molar-refractivity contribution in [3.63, 3.8) is 0 Å². The lowest BCUT2D eigenvalue weighted by atomic mass is 9.97. The van der Waals surface area contributed by atoms with Gasteiger partial charge in [0.2, 0.25) is 0 Å². The van der Waals surface area contributed by atoms with Gasteiger partial charge in [-0.25, -0.2) is 0 Å². The topological polar surface area (TPSA) is 60.9 Å². The Balaban J connectivity index is 1.76. The van der Waals surface area contributed by atoms with Gasteiger partial charge < -0.3 is 10.0 Å². The summed E-state index contributed by atoms with van der Waals surface area (Å²) in [6, 6.07) is 5.85. The zero-order valence-electron chi connectivity index (χ0n) is 12.2. The number of hydrogen-bond acceptors (Lipinski definition) is 3. The molecule has 1 N–H and O–H groups in total. The van der Waals surface area contributed by atoms with E-state index < -0.39 is 11.9 Å². The molecule has 0 radical (unpaired) electrons. The Morgan fingerprint density at radius 2 is 2.00 bits per heavy atom. The van der Waals surface area contributed by atoms with E-state index in [9.17, 15) is 9.59 Å². The molecule has 3 rings (SSSR count). The third-order valence-corrected chi connectivity index (χ3v) is 4.39. The average Bonchev–Trinajstić information content (AvgIpc) is 2.85. The van der Waals surface area contributed by atoms with Gasteiger partial charge in [-0.2, -0.15) is 0 Å². The number of carboxylic acids is 1. The summed E-state index contributed by atoms with van der Waals surface area (Å²) in [5.41, 5.74) is 3.15. The summed E-state index contributed by atoms with van der Waals surface area (Å²) in [6.07, 6.45) is 1.42. The van der Waals surface area contributed by atoms with Gasteiger partial charge in [0.05, 0.1) is 5.92 Å². The minimum atomic E-state index is -0.803. The number of amides is 1. The number of fused-ring (bicyclic) bond motifs is 1. The number of carbonyl (C=O) groups is 2. The SMILES string of the molecule is CN1Cc2ccc(C(=O)N3CCCC(C(=O)O)C3)cc2C1. The Morgan fingerprint density at radius 3 is 2.76 bits per heavy atom. The summed E-state index contributed by atoms with van der Waals surface area (Å²) in [4.78, 5) is 27.6. The fraction of sp³-hybridized carbons (Fsp3) is 0.500. The minimum absolute atomic E-state index is 0.0432. The van der Waals surface area contributed by atoms with Crippen molar-refractivity contribution < 1.29 is 14.7 Å². The van der Waals surface area contributed by atoms with Gasteiger partial charge in [-0.1, -0.05) is 6.07 Å². The quantitative estimate of drug-likeness (QED) is 0.897. The average molecular weight is 288 g/mol. The molecule has 21 heavy (non-hydrogen) atoms. The van der Waals surface area contributed by atoms with E-state index in [-0.39, 0.29) is 5.91 Å². The number of rotatable bonds is 2. The first kappa shape index (κ1) is 14.1. The molecule has 1 unspecified atom stereocenters. The number of likely N-dealkylation sites (tertiary alicyclic amines) is 1. The predicted molar refractivity (Wildman–Crippen MR) is 77.9 cm³/mol. The highest BCUT2D eigenvalue weighted by atomic mass is 16.4. The second kappa shape index (κ2) is 5.48. The number of piperidine rings is 1. The van der Waals surface area contributed by atoms with Gasteiger partial charge in [0.15, 0.2) is 0 Å². The summed E-state index contributed by atoms with van der Waals surface area (Å²) in [5.74, 6) is -1.27. The van der Waals surface area contributed by atoms with Gasteiger partial charge >= 0.3 is 5.97 Å². The number of hydrogen-bond donors (Lipinski definition) is 1. The summed E-state index contributed by atoms with van der Waals surface area (Å²) in [6.45, 7) is 2.77. The normalized spacial score (nSPS) is 22.1. The molecule has 0 aromatic heterocycles. The van der Waals surface area contributed by atoms with Gasteiger partial charge in [0.1, 0.15) is 0 Å². The fourth-order valence-corrected chi connectivity index (χ4v) is 3.24. The molecule has 0 aliphatic carbocycles. The second-order valence-electron chi connectivity index (χ2n) is 6.08. The third-order valence-electron chi connectivity index (χ3n) is 4.39. The zero-order valence-corrected chi connectivity index (χ0v) is 12.2. The molecule has 5 nitrogen and oxygen atoms in total. The first-order chi connectivity index (χ1) is 10.0. The smallest absolute Gasteiger partial charge is 0.308 e. The van der Waals surface area contributed by atoms with E-state index in [1.807, 2.05) is 18.2 Å². The molecule has 1 saturated heterocycles. The highest BCUT2D eigenvalue weighted by Crippen LogP contribution is 2.24. The first-order valence-corrected chi connectivity index (χ1v) is 7.37. The van der Waals surface area contributed by atoms with Crippen molar-refractivity contribution in [3.05, 3.63) is 34.9 Å². The van der Waals surface area contributed by atoms with E-state index in [2.05, 4.69) is 11.9 Å². The lowest BCUT2D eigenvalue weighted by Crippen LogP contribution is -2.42. The summed E-state index contributed by atoms with van der Waals surface area (Å²) in [5, 5.41) is 9.12. The zero-order chi connectivity index (χ0) is 15.0. The van der Waals surface area contributed by atoms with Gasteiger partial charge in [0, 0.05) is 31.7 Å². The highest BCUT2D eigenvalue weighted by molar-refractivity contribution is 5.95. The van der Waals surface area contributed by atoms with Gasteiger partial charge in [0.25, 0.3) is 5.91 Å². The molecule has 5 heteroatoms. The van der Waals surface area contributed by atoms with Crippen LogP contribution in [-0.2, 0) is 17.9 Å². The van der Waals surface area contributed by atoms with Crippen molar-refractivity contribution in [3.8, 4) is 0 Å². The molecular weight excluding hydrogens is 268 g/mol. The maximum Gasteiger partial charge on any atom is 0.308 e. The lowest BCUT2D eigenvalue weighted by molar-refractivity contribution is -0.143. The molecule has 112 valence electrons. The van der Waals surface area contributed by atoms with Crippen LogP contribution in [0.5, 0.6) is 0 Å². The largest absolute Gasteiger partial charge is 0.481 e. The summed E-state index contributed by atoms with van der Waals surface area (Å²) >= 11 is 0. The number of nitrogens with zero attached hydrogens (tertiary/aromatic N) is 2. The number of aliphatic carboxylic acids is 1. The van der Waals surface area contributed by atoms with Crippen LogP contribution in [0.4, 0.5) is 0 Å². The Labute approximate surface area is 124 Å². The van der Waals surface area contributed by atoms with E-state index >= 15 is 0 Å². The second-order valence-corrected chi connectivity index (χ2v) is 6.08. The van der Waals surface area contributed by atoms with Crippen molar-refractivity contribution in [2.24, 2.45) is 5.92 Å². The van der Waals surface area contributed by atoms with E-state index in [0.717, 1.165) is 19.5 Å². The third kappa shape index (κ3) is 2.78. The van der Waals surface area contributed by atoms with E-state index in [0.29, 0.717) is 25.1 Å². The molecule has 0 bridgehead atoms. The summed E-state index contributed by atoms with van der Waals surface area (Å²) < 4.78 is 0. The van der Waals surface area contributed by atoms with Crippen molar-refractivity contribution in [1.82, 2.24) is 9.80 Å². The van der Waals surface area contributed by atoms with Crippen LogP contribution in [0.2, 0.25) is 0 Å². The standard InChI is InChI=1S/C16H20N2O3/c1-17-8-12-5-4-11(7-14(12)9-17)15(19)18-6-2-3-13(10-18)16(20)21/h4-5,7,13H,2-3,6,8-10H2,1H3,(H,20,21). The number of carbonyl (C=O) groups excluding carboxylic acids is 1. The van der Waals surface area contributed by atoms with Crippen molar-refractivity contribution >= 4 is 11.9 Å². The monoisotopic (exact) mass is 288 g/mol. The molecule has 2 aliphatic heterocycles. The maximum absolute atomic E-state index is 12.6. The number of carboxylic acid groups (broad SMARTS) is 1. The molecule has 1 aromatic carbocycles. The van der Waals surface area contributed by atoms with E-state index in [1.54, 1.807) is 4.90 Å². The fourth-order valence-electron chi connectivity index (χ4n) is 3.24. The molecule has 0 spiro atoms. The van der Waals surface area contributed by atoms with Gasteiger partial charge in [-0.15, -0.1) is 0 Å². The molecular formula is C16H20N2O3. The summed E-state index contributed by atoms with van der Waals surface area (Å²) in [7, 11) is 2.06. The Kier molecular flexibility index (Phi) is 3.68. The Morgan fingerprint density at radius 1 is 1.24 bits per heavy atom. The Bertz CT molecular complexity index is 585. The predicted octanol–water partition coefficient (Wildman–Crippen LogP) is 1.57. The van der Waals surface area contributed by atoms with Crippen molar-refractivity contribution in [1.29, 1.82) is 0 Å². The highest BCUT2D eigenvalue weighted by Gasteiger charge is 2.29. The molecule has 0 saturated carbocycles. The molecule has 1 amide bonds. The molecule has 1 fully saturated rings. The maximum atomic E-state index is 12.6. The number of benzene rings is 1. The molecule has 1 atom stereocenters. The van der Waals surface area contributed by atoms with Crippen LogP contribution in [0.1, 0.15) is 34.3 Å². The van der Waals surface area contributed by atoms with Crippen molar-refractivity contribution in [2.75, 3.05) is 20.1 Å². The van der Waals surface area contributed by atoms with E-state index in [4.69, 9.17) is 5.11 Å². The van der Waals surface area contributed by atoms with Crippen LogP contribution in [0, 0.1) is 5.92 Å². The van der Waals surface area contributed by atoms with Crippen LogP contribution in [0.3, 0.4) is 0 Å².